The van der Waals surface area contributed by atoms with E-state index in [-0.39, 0.29) is 24.6 Å². The fraction of sp³-hybridized carbons (Fsp3) is 0.250. The van der Waals surface area contributed by atoms with E-state index < -0.39 is 4.92 Å². The molecule has 7 heteroatoms. The van der Waals surface area contributed by atoms with Gasteiger partial charge in [-0.1, -0.05) is 30.2 Å². The van der Waals surface area contributed by atoms with Gasteiger partial charge in [0.1, 0.15) is 18.0 Å². The fourth-order valence-electron chi connectivity index (χ4n) is 2.41. The number of nitrogens with one attached hydrogen (secondary N) is 2. The molecule has 0 saturated carbocycles. The molecule has 0 atom stereocenters. The number of carbonyl (C=O) groups is 1. The second kappa shape index (κ2) is 10.5. The van der Waals surface area contributed by atoms with E-state index in [1.165, 1.54) is 6.07 Å². The molecule has 2 aromatic rings. The maximum absolute atomic E-state index is 11.9. The second-order valence-electron chi connectivity index (χ2n) is 5.69. The monoisotopic (exact) mass is 367 g/mol. The molecule has 2 rings (SSSR count). The Morgan fingerprint density at radius 2 is 1.89 bits per heavy atom. The minimum Gasteiger partial charge on any atom is -0.481 e. The number of nitro benzene ring substituents is 1. The van der Waals surface area contributed by atoms with Gasteiger partial charge in [-0.15, -0.1) is 6.42 Å². The average Bonchev–Trinajstić information content (AvgIpc) is 2.67. The molecule has 140 valence electrons. The molecule has 0 spiro atoms. The van der Waals surface area contributed by atoms with Crippen LogP contribution in [-0.2, 0) is 11.2 Å². The van der Waals surface area contributed by atoms with E-state index in [9.17, 15) is 14.9 Å². The molecule has 0 aliphatic rings. The van der Waals surface area contributed by atoms with Crippen LogP contribution in [0.4, 0.5) is 11.4 Å². The number of nitro groups is 1. The van der Waals surface area contributed by atoms with Gasteiger partial charge in [-0.3, -0.25) is 14.9 Å². The smallest absolute Gasteiger partial charge is 0.292 e. The Kier molecular flexibility index (Phi) is 7.67. The lowest BCUT2D eigenvalue weighted by molar-refractivity contribution is -0.384. The van der Waals surface area contributed by atoms with Crippen LogP contribution in [0.3, 0.4) is 0 Å². The molecule has 0 fully saturated rings. The molecule has 2 N–H and O–H groups in total. The first kappa shape index (κ1) is 19.8. The average molecular weight is 367 g/mol. The van der Waals surface area contributed by atoms with Crippen molar-refractivity contribution < 1.29 is 14.5 Å². The zero-order chi connectivity index (χ0) is 19.5. The Morgan fingerprint density at radius 1 is 1.15 bits per heavy atom. The number of amides is 1. The zero-order valence-corrected chi connectivity index (χ0v) is 14.8. The number of benzene rings is 2. The summed E-state index contributed by atoms with van der Waals surface area (Å²) in [5, 5.41) is 16.7. The highest BCUT2D eigenvalue weighted by Crippen LogP contribution is 2.22. The molecule has 0 radical (unpaired) electrons. The summed E-state index contributed by atoms with van der Waals surface area (Å²) < 4.78 is 5.30. The third-order valence-corrected chi connectivity index (χ3v) is 3.75. The van der Waals surface area contributed by atoms with Crippen molar-refractivity contribution in [1.29, 1.82) is 0 Å². The number of rotatable bonds is 10. The van der Waals surface area contributed by atoms with Crippen molar-refractivity contribution in [3.8, 4) is 18.1 Å². The summed E-state index contributed by atoms with van der Waals surface area (Å²) in [7, 11) is 0. The molecule has 0 saturated heterocycles. The minimum atomic E-state index is -0.453. The van der Waals surface area contributed by atoms with Gasteiger partial charge in [0, 0.05) is 25.6 Å². The van der Waals surface area contributed by atoms with Crippen LogP contribution in [0.5, 0.6) is 5.75 Å². The van der Waals surface area contributed by atoms with Crippen molar-refractivity contribution in [2.24, 2.45) is 0 Å². The first-order chi connectivity index (χ1) is 13.1. The molecule has 2 aromatic carbocycles. The molecule has 0 aromatic heterocycles. The third-order valence-electron chi connectivity index (χ3n) is 3.75. The molecule has 7 nitrogen and oxygen atoms in total. The molecule has 0 bridgehead atoms. The predicted molar refractivity (Wildman–Crippen MR) is 104 cm³/mol. The van der Waals surface area contributed by atoms with Crippen molar-refractivity contribution >= 4 is 17.3 Å². The van der Waals surface area contributed by atoms with Crippen LogP contribution in [0.1, 0.15) is 12.0 Å². The Bertz CT molecular complexity index is 813. The molecular formula is C20H21N3O4. The summed E-state index contributed by atoms with van der Waals surface area (Å²) in [6.45, 7) is 1.06. The largest absolute Gasteiger partial charge is 0.481 e. The lowest BCUT2D eigenvalue weighted by atomic mass is 10.1. The molecular weight excluding hydrogens is 346 g/mol. The first-order valence-corrected chi connectivity index (χ1v) is 8.49. The highest BCUT2D eigenvalue weighted by molar-refractivity contribution is 5.76. The number of anilines is 1. The van der Waals surface area contributed by atoms with Gasteiger partial charge in [0.25, 0.3) is 5.69 Å². The Morgan fingerprint density at radius 3 is 2.59 bits per heavy atom. The lowest BCUT2D eigenvalue weighted by Gasteiger charge is -2.08. The van der Waals surface area contributed by atoms with Crippen molar-refractivity contribution in [1.82, 2.24) is 5.32 Å². The highest BCUT2D eigenvalue weighted by atomic mass is 16.6. The van der Waals surface area contributed by atoms with Gasteiger partial charge in [0.2, 0.25) is 5.91 Å². The van der Waals surface area contributed by atoms with Crippen LogP contribution >= 0.6 is 0 Å². The molecule has 0 aliphatic heterocycles. The van der Waals surface area contributed by atoms with Crippen molar-refractivity contribution in [2.45, 2.75) is 12.8 Å². The van der Waals surface area contributed by atoms with Gasteiger partial charge in [-0.25, -0.2) is 0 Å². The predicted octanol–water partition coefficient (Wildman–Crippen LogP) is 2.77. The van der Waals surface area contributed by atoms with Gasteiger partial charge in [0.05, 0.1) is 4.92 Å². The van der Waals surface area contributed by atoms with Gasteiger partial charge >= 0.3 is 0 Å². The summed E-state index contributed by atoms with van der Waals surface area (Å²) in [5.41, 5.74) is 1.47. The van der Waals surface area contributed by atoms with Gasteiger partial charge in [-0.2, -0.15) is 0 Å². The minimum absolute atomic E-state index is 0.00687. The number of hydrogen-bond donors (Lipinski definition) is 2. The van der Waals surface area contributed by atoms with E-state index in [2.05, 4.69) is 16.6 Å². The Balaban J connectivity index is 1.68. The van der Waals surface area contributed by atoms with Crippen LogP contribution < -0.4 is 15.4 Å². The number of terminal acetylenes is 1. The summed E-state index contributed by atoms with van der Waals surface area (Å²) in [5.74, 6) is 3.00. The molecule has 0 heterocycles. The number of hydrogen-bond acceptors (Lipinski definition) is 5. The molecule has 27 heavy (non-hydrogen) atoms. The SMILES string of the molecule is C#CCOc1ccc(CCNC(=O)CCNc2ccccc2[N+](=O)[O-])cc1. The number of para-hydroxylation sites is 2. The first-order valence-electron chi connectivity index (χ1n) is 8.49. The maximum atomic E-state index is 11.9. The van der Waals surface area contributed by atoms with Crippen molar-refractivity contribution in [3.05, 3.63) is 64.2 Å². The summed E-state index contributed by atoms with van der Waals surface area (Å²) in [6, 6.07) is 13.9. The standard InChI is InChI=1S/C20H21N3O4/c1-2-15-27-17-9-7-16(8-10-17)11-13-22-20(24)12-14-21-18-5-3-4-6-19(18)23(25)26/h1,3-10,21H,11-15H2,(H,22,24). The third kappa shape index (κ3) is 6.71. The number of nitrogens with zero attached hydrogens (tertiary/aromatic N) is 1. The van der Waals surface area contributed by atoms with Gasteiger partial charge < -0.3 is 15.4 Å². The fourth-order valence-corrected chi connectivity index (χ4v) is 2.41. The molecule has 0 unspecified atom stereocenters. The van der Waals surface area contributed by atoms with Crippen molar-refractivity contribution in [3.63, 3.8) is 0 Å². The van der Waals surface area contributed by atoms with E-state index in [1.54, 1.807) is 18.2 Å². The van der Waals surface area contributed by atoms with Crippen LogP contribution in [-0.4, -0.2) is 30.5 Å². The quantitative estimate of drug-likeness (QED) is 0.383. The van der Waals surface area contributed by atoms with E-state index in [0.29, 0.717) is 30.9 Å². The summed E-state index contributed by atoms with van der Waals surface area (Å²) in [6.07, 6.45) is 6.06. The van der Waals surface area contributed by atoms with E-state index >= 15 is 0 Å². The normalized spacial score (nSPS) is 9.89. The Hall–Kier alpha value is -3.53. The van der Waals surface area contributed by atoms with E-state index in [4.69, 9.17) is 11.2 Å². The van der Waals surface area contributed by atoms with Crippen LogP contribution in [0.2, 0.25) is 0 Å². The summed E-state index contributed by atoms with van der Waals surface area (Å²) in [4.78, 5) is 22.4. The van der Waals surface area contributed by atoms with Crippen molar-refractivity contribution in [2.75, 3.05) is 25.0 Å². The van der Waals surface area contributed by atoms with Crippen LogP contribution in [0.15, 0.2) is 48.5 Å². The molecule has 0 aliphatic carbocycles. The van der Waals surface area contributed by atoms with Gasteiger partial charge in [-0.05, 0) is 30.2 Å². The summed E-state index contributed by atoms with van der Waals surface area (Å²) >= 11 is 0. The Labute approximate surface area is 157 Å². The van der Waals surface area contributed by atoms with E-state index in [1.807, 2.05) is 24.3 Å². The van der Waals surface area contributed by atoms with Crippen LogP contribution in [0.25, 0.3) is 0 Å². The maximum Gasteiger partial charge on any atom is 0.292 e. The second-order valence-corrected chi connectivity index (χ2v) is 5.69. The number of ether oxygens (including phenoxy) is 1. The lowest BCUT2D eigenvalue weighted by Crippen LogP contribution is -2.27. The highest BCUT2D eigenvalue weighted by Gasteiger charge is 2.11. The number of carbonyl (C=O) groups excluding carboxylic acids is 1. The van der Waals surface area contributed by atoms with Crippen LogP contribution in [0, 0.1) is 22.5 Å². The topological polar surface area (TPSA) is 93.5 Å². The van der Waals surface area contributed by atoms with E-state index in [0.717, 1.165) is 5.56 Å². The molecule has 1 amide bonds. The van der Waals surface area contributed by atoms with Gasteiger partial charge in [0.15, 0.2) is 0 Å². The zero-order valence-electron chi connectivity index (χ0n) is 14.8.